The van der Waals surface area contributed by atoms with E-state index in [1.807, 2.05) is 48.5 Å². The van der Waals surface area contributed by atoms with Gasteiger partial charge in [0, 0.05) is 7.11 Å². The van der Waals surface area contributed by atoms with Gasteiger partial charge in [0.1, 0.15) is 32.3 Å². The lowest BCUT2D eigenvalue weighted by atomic mass is 9.81. The summed E-state index contributed by atoms with van der Waals surface area (Å²) in [7, 11) is 7.58. The van der Waals surface area contributed by atoms with Crippen molar-refractivity contribution in [2.24, 2.45) is 10.7 Å². The fraction of sp³-hybridized carbons (Fsp3) is 0.278. The first-order chi connectivity index (χ1) is 11.6. The Labute approximate surface area is 142 Å². The lowest BCUT2D eigenvalue weighted by molar-refractivity contribution is 0.146. The minimum Gasteiger partial charge on any atom is -0.491 e. The second-order valence-electron chi connectivity index (χ2n) is 5.59. The molecule has 3 rings (SSSR count). The van der Waals surface area contributed by atoms with Crippen molar-refractivity contribution >= 4 is 19.3 Å². The van der Waals surface area contributed by atoms with Crippen LogP contribution in [0.1, 0.15) is 11.1 Å². The molecule has 0 spiro atoms. The van der Waals surface area contributed by atoms with Crippen LogP contribution < -0.4 is 15.9 Å². The number of hydrogen-bond acceptors (Lipinski definition) is 5. The van der Waals surface area contributed by atoms with Gasteiger partial charge in [-0.05, 0) is 23.3 Å². The zero-order chi connectivity index (χ0) is 17.0. The Kier molecular flexibility index (Phi) is 4.76. The zero-order valence-electron chi connectivity index (χ0n) is 13.6. The van der Waals surface area contributed by atoms with Crippen molar-refractivity contribution in [2.45, 2.75) is 5.54 Å². The van der Waals surface area contributed by atoms with Crippen LogP contribution in [0, 0.1) is 0 Å². The highest BCUT2D eigenvalue weighted by Gasteiger charge is 2.39. The Morgan fingerprint density at radius 1 is 1.17 bits per heavy atom. The molecule has 122 valence electrons. The van der Waals surface area contributed by atoms with Crippen LogP contribution >= 0.6 is 0 Å². The Balaban J connectivity index is 1.93. The van der Waals surface area contributed by atoms with Crippen LogP contribution in [0.4, 0.5) is 0 Å². The summed E-state index contributed by atoms with van der Waals surface area (Å²) in [6, 6.07) is 15.5. The van der Waals surface area contributed by atoms with E-state index < -0.39 is 5.54 Å². The number of benzene rings is 2. The molecular formula is C18H19BN2O3. The number of amidine groups is 1. The predicted octanol–water partition coefficient (Wildman–Crippen LogP) is 1.09. The number of hydrogen-bond donors (Lipinski definition) is 1. The summed E-state index contributed by atoms with van der Waals surface area (Å²) in [5.41, 5.74) is 7.68. The summed E-state index contributed by atoms with van der Waals surface area (Å²) < 4.78 is 16.1. The fourth-order valence-electron chi connectivity index (χ4n) is 2.76. The number of aliphatic imine (C=N–C) groups is 1. The summed E-state index contributed by atoms with van der Waals surface area (Å²) in [5.74, 6) is 0.773. The van der Waals surface area contributed by atoms with Gasteiger partial charge in [-0.25, -0.2) is 4.99 Å². The Morgan fingerprint density at radius 2 is 1.96 bits per heavy atom. The number of ether oxygens (including phenoxy) is 3. The van der Waals surface area contributed by atoms with E-state index >= 15 is 0 Å². The van der Waals surface area contributed by atoms with Gasteiger partial charge in [0.2, 0.25) is 0 Å². The molecule has 0 amide bonds. The second kappa shape index (κ2) is 6.97. The molecule has 2 radical (unpaired) electrons. The van der Waals surface area contributed by atoms with Gasteiger partial charge in [-0.15, -0.1) is 0 Å². The maximum Gasteiger partial charge on any atom is 0.283 e. The predicted molar refractivity (Wildman–Crippen MR) is 94.0 cm³/mol. The highest BCUT2D eigenvalue weighted by Crippen LogP contribution is 2.37. The molecule has 1 aliphatic heterocycles. The van der Waals surface area contributed by atoms with Crippen molar-refractivity contribution in [2.75, 3.05) is 26.9 Å². The first-order valence-electron chi connectivity index (χ1n) is 7.70. The van der Waals surface area contributed by atoms with Gasteiger partial charge in [0.25, 0.3) is 6.02 Å². The topological polar surface area (TPSA) is 66.1 Å². The van der Waals surface area contributed by atoms with Crippen LogP contribution in [0.2, 0.25) is 0 Å². The van der Waals surface area contributed by atoms with E-state index in [4.69, 9.17) is 27.8 Å². The lowest BCUT2D eigenvalue weighted by Crippen LogP contribution is -2.28. The highest BCUT2D eigenvalue weighted by molar-refractivity contribution is 6.32. The summed E-state index contributed by atoms with van der Waals surface area (Å²) >= 11 is 0. The van der Waals surface area contributed by atoms with Gasteiger partial charge in [0.05, 0.1) is 6.61 Å². The largest absolute Gasteiger partial charge is 0.491 e. The maximum absolute atomic E-state index is 5.94. The van der Waals surface area contributed by atoms with E-state index in [9.17, 15) is 0 Å². The third kappa shape index (κ3) is 3.24. The number of nitrogens with zero attached hydrogens (tertiary/aromatic N) is 1. The van der Waals surface area contributed by atoms with Gasteiger partial charge < -0.3 is 19.9 Å². The first kappa shape index (κ1) is 16.4. The summed E-state index contributed by atoms with van der Waals surface area (Å²) in [5, 5.41) is 0. The molecule has 2 aromatic rings. The summed E-state index contributed by atoms with van der Waals surface area (Å²) in [6.45, 7) is 1.39. The van der Waals surface area contributed by atoms with Gasteiger partial charge in [-0.3, -0.25) is 0 Å². The quantitative estimate of drug-likeness (QED) is 0.639. The van der Waals surface area contributed by atoms with Gasteiger partial charge >= 0.3 is 0 Å². The smallest absolute Gasteiger partial charge is 0.283 e. The molecule has 24 heavy (non-hydrogen) atoms. The van der Waals surface area contributed by atoms with Crippen LogP contribution in [0.5, 0.6) is 5.75 Å². The Morgan fingerprint density at radius 3 is 2.58 bits per heavy atom. The van der Waals surface area contributed by atoms with Crippen LogP contribution in [0.3, 0.4) is 0 Å². The monoisotopic (exact) mass is 322 g/mol. The van der Waals surface area contributed by atoms with Crippen molar-refractivity contribution in [3.63, 3.8) is 0 Å². The van der Waals surface area contributed by atoms with Crippen LogP contribution in [-0.4, -0.2) is 40.8 Å². The Bertz CT molecular complexity index is 733. The molecule has 0 aliphatic carbocycles. The minimum atomic E-state index is -0.690. The zero-order valence-corrected chi connectivity index (χ0v) is 13.6. The van der Waals surface area contributed by atoms with Gasteiger partial charge in [0.15, 0.2) is 0 Å². The minimum absolute atomic E-state index is 0.179. The molecule has 0 fully saturated rings. The van der Waals surface area contributed by atoms with Crippen molar-refractivity contribution in [1.82, 2.24) is 0 Å². The average molecular weight is 322 g/mol. The van der Waals surface area contributed by atoms with Crippen molar-refractivity contribution in [1.29, 1.82) is 0 Å². The molecule has 0 aromatic heterocycles. The molecule has 0 saturated carbocycles. The van der Waals surface area contributed by atoms with Crippen LogP contribution in [0.25, 0.3) is 0 Å². The molecule has 0 bridgehead atoms. The van der Waals surface area contributed by atoms with Crippen molar-refractivity contribution in [3.05, 3.63) is 59.7 Å². The molecule has 1 aliphatic rings. The number of methoxy groups -OCH3 is 1. The highest BCUT2D eigenvalue weighted by atomic mass is 16.5. The molecule has 0 saturated heterocycles. The van der Waals surface area contributed by atoms with Crippen LogP contribution in [0.15, 0.2) is 53.5 Å². The second-order valence-corrected chi connectivity index (χ2v) is 5.59. The molecule has 1 atom stereocenters. The molecule has 6 heteroatoms. The van der Waals surface area contributed by atoms with Gasteiger partial charge in [-0.2, -0.15) is 0 Å². The average Bonchev–Trinajstić information content (AvgIpc) is 2.99. The van der Waals surface area contributed by atoms with Gasteiger partial charge in [-0.1, -0.05) is 41.9 Å². The van der Waals surface area contributed by atoms with Crippen molar-refractivity contribution in [3.8, 4) is 5.75 Å². The standard InChI is InChI=1S/C18H19BN2O3/c1-22-9-10-23-16-7-5-13(6-8-16)18(12-24-17(20)21-18)14-3-2-4-15(19)11-14/h2-8,11H,9-10,12H2,1H3,(H2,20,21). The third-order valence-corrected chi connectivity index (χ3v) is 3.98. The summed E-state index contributed by atoms with van der Waals surface area (Å²) in [6.07, 6.45) is 0. The van der Waals surface area contributed by atoms with E-state index in [0.29, 0.717) is 25.3 Å². The van der Waals surface area contributed by atoms with Crippen LogP contribution in [-0.2, 0) is 15.0 Å². The SMILES string of the molecule is [B]c1cccc(C2(c3ccc(OCCOC)cc3)COC(N)=N2)c1. The van der Waals surface area contributed by atoms with E-state index in [1.54, 1.807) is 7.11 Å². The van der Waals surface area contributed by atoms with E-state index in [0.717, 1.165) is 16.9 Å². The van der Waals surface area contributed by atoms with E-state index in [-0.39, 0.29) is 6.02 Å². The molecule has 1 unspecified atom stereocenters. The molecule has 5 nitrogen and oxygen atoms in total. The normalized spacial score (nSPS) is 19.6. The Hall–Kier alpha value is -2.47. The van der Waals surface area contributed by atoms with Crippen molar-refractivity contribution < 1.29 is 14.2 Å². The molecule has 2 aromatic carbocycles. The van der Waals surface area contributed by atoms with E-state index in [2.05, 4.69) is 4.99 Å². The summed E-state index contributed by atoms with van der Waals surface area (Å²) in [4.78, 5) is 4.56. The van der Waals surface area contributed by atoms with E-state index in [1.165, 1.54) is 0 Å². The molecule has 2 N–H and O–H groups in total. The fourth-order valence-corrected chi connectivity index (χ4v) is 2.76. The molecule has 1 heterocycles. The number of rotatable bonds is 6. The first-order valence-corrected chi connectivity index (χ1v) is 7.70. The number of nitrogens with two attached hydrogens (primary N) is 1. The maximum atomic E-state index is 5.94. The lowest BCUT2D eigenvalue weighted by Gasteiger charge is -2.26. The third-order valence-electron chi connectivity index (χ3n) is 3.98. The molecular weight excluding hydrogens is 303 g/mol.